The van der Waals surface area contributed by atoms with Gasteiger partial charge in [-0.25, -0.2) is 9.67 Å². The monoisotopic (exact) mass is 358 g/mol. The van der Waals surface area contributed by atoms with E-state index in [0.29, 0.717) is 17.8 Å². The minimum absolute atomic E-state index is 0.150. The van der Waals surface area contributed by atoms with Crippen molar-refractivity contribution in [1.82, 2.24) is 25.0 Å². The third-order valence-corrected chi connectivity index (χ3v) is 4.21. The third-order valence-electron chi connectivity index (χ3n) is 4.21. The van der Waals surface area contributed by atoms with E-state index in [1.807, 2.05) is 61.7 Å². The summed E-state index contributed by atoms with van der Waals surface area (Å²) in [5.41, 5.74) is 3.81. The number of benzene rings is 2. The van der Waals surface area contributed by atoms with E-state index in [-0.39, 0.29) is 5.91 Å². The Labute approximate surface area is 156 Å². The zero-order valence-corrected chi connectivity index (χ0v) is 14.8. The molecule has 0 spiro atoms. The van der Waals surface area contributed by atoms with Crippen LogP contribution in [0.1, 0.15) is 21.7 Å². The quantitative estimate of drug-likeness (QED) is 0.573. The van der Waals surface area contributed by atoms with Crippen LogP contribution in [0.15, 0.2) is 67.1 Å². The Kier molecular flexibility index (Phi) is 4.49. The van der Waals surface area contributed by atoms with Gasteiger partial charge in [0.2, 0.25) is 0 Å². The predicted molar refractivity (Wildman–Crippen MR) is 102 cm³/mol. The number of aryl methyl sites for hydroxylation is 1. The number of para-hydroxylation sites is 1. The highest BCUT2D eigenvalue weighted by Gasteiger charge is 2.13. The van der Waals surface area contributed by atoms with Gasteiger partial charge in [0.05, 0.1) is 6.20 Å². The lowest BCUT2D eigenvalue weighted by Gasteiger charge is -2.09. The van der Waals surface area contributed by atoms with Crippen LogP contribution in [-0.4, -0.2) is 30.9 Å². The second kappa shape index (κ2) is 7.25. The maximum Gasteiger partial charge on any atom is 0.255 e. The molecule has 2 N–H and O–H groups in total. The molecule has 0 bridgehead atoms. The SMILES string of the molecule is Cc1ccc(-c2cn(Cc3ncc[nH]3)nn2)cc1C(=O)Nc1ccccc1. The maximum absolute atomic E-state index is 12.7. The van der Waals surface area contributed by atoms with Crippen molar-refractivity contribution in [3.8, 4) is 11.3 Å². The molecule has 0 aliphatic carbocycles. The number of aromatic amines is 1. The molecule has 27 heavy (non-hydrogen) atoms. The van der Waals surface area contributed by atoms with Gasteiger partial charge in [0.25, 0.3) is 5.91 Å². The zero-order chi connectivity index (χ0) is 18.6. The maximum atomic E-state index is 12.7. The fourth-order valence-electron chi connectivity index (χ4n) is 2.79. The zero-order valence-electron chi connectivity index (χ0n) is 14.8. The van der Waals surface area contributed by atoms with E-state index in [4.69, 9.17) is 0 Å². The summed E-state index contributed by atoms with van der Waals surface area (Å²) in [7, 11) is 0. The van der Waals surface area contributed by atoms with Crippen molar-refractivity contribution in [1.29, 1.82) is 0 Å². The number of H-pyrrole nitrogens is 1. The second-order valence-electron chi connectivity index (χ2n) is 6.19. The molecule has 4 rings (SSSR count). The topological polar surface area (TPSA) is 88.5 Å². The summed E-state index contributed by atoms with van der Waals surface area (Å²) >= 11 is 0. The Bertz CT molecular complexity index is 1050. The largest absolute Gasteiger partial charge is 0.347 e. The van der Waals surface area contributed by atoms with Crippen LogP contribution in [0.2, 0.25) is 0 Å². The molecule has 0 fully saturated rings. The summed E-state index contributed by atoms with van der Waals surface area (Å²) in [5, 5.41) is 11.3. The first-order valence-corrected chi connectivity index (χ1v) is 8.55. The molecule has 0 radical (unpaired) electrons. The number of hydrogen-bond acceptors (Lipinski definition) is 4. The molecule has 0 atom stereocenters. The highest BCUT2D eigenvalue weighted by molar-refractivity contribution is 6.05. The molecule has 0 aliphatic heterocycles. The van der Waals surface area contributed by atoms with Crippen LogP contribution in [0.4, 0.5) is 5.69 Å². The number of rotatable bonds is 5. The first-order chi connectivity index (χ1) is 13.2. The van der Waals surface area contributed by atoms with Crippen LogP contribution in [0.25, 0.3) is 11.3 Å². The second-order valence-corrected chi connectivity index (χ2v) is 6.19. The molecular weight excluding hydrogens is 340 g/mol. The molecule has 2 heterocycles. The van der Waals surface area contributed by atoms with Crippen LogP contribution in [0, 0.1) is 6.92 Å². The number of nitrogens with zero attached hydrogens (tertiary/aromatic N) is 4. The summed E-state index contributed by atoms with van der Waals surface area (Å²) in [6, 6.07) is 15.1. The van der Waals surface area contributed by atoms with E-state index in [2.05, 4.69) is 25.6 Å². The van der Waals surface area contributed by atoms with Crippen molar-refractivity contribution in [2.24, 2.45) is 0 Å². The number of nitrogens with one attached hydrogen (secondary N) is 2. The average Bonchev–Trinajstić information content (AvgIpc) is 3.35. The molecular formula is C20H18N6O. The van der Waals surface area contributed by atoms with Crippen molar-refractivity contribution >= 4 is 11.6 Å². The van der Waals surface area contributed by atoms with E-state index in [1.54, 1.807) is 17.1 Å². The molecule has 0 saturated carbocycles. The molecule has 0 aliphatic rings. The van der Waals surface area contributed by atoms with E-state index in [0.717, 1.165) is 22.6 Å². The fourth-order valence-corrected chi connectivity index (χ4v) is 2.79. The third kappa shape index (κ3) is 3.77. The van der Waals surface area contributed by atoms with Crippen molar-refractivity contribution in [3.63, 3.8) is 0 Å². The van der Waals surface area contributed by atoms with Crippen LogP contribution >= 0.6 is 0 Å². The number of imidazole rings is 1. The summed E-state index contributed by atoms with van der Waals surface area (Å²) in [5.74, 6) is 0.654. The Morgan fingerprint density at radius 1 is 1.19 bits per heavy atom. The Hall–Kier alpha value is -3.74. The predicted octanol–water partition coefficient (Wildman–Crippen LogP) is 3.28. The summed E-state index contributed by atoms with van der Waals surface area (Å²) in [6.45, 7) is 2.42. The highest BCUT2D eigenvalue weighted by atomic mass is 16.1. The first kappa shape index (κ1) is 16.7. The highest BCUT2D eigenvalue weighted by Crippen LogP contribution is 2.21. The molecule has 7 heteroatoms. The number of hydrogen-bond donors (Lipinski definition) is 2. The van der Waals surface area contributed by atoms with E-state index in [9.17, 15) is 4.79 Å². The molecule has 0 saturated heterocycles. The molecule has 2 aromatic heterocycles. The summed E-state index contributed by atoms with van der Waals surface area (Å²) in [4.78, 5) is 19.9. The molecule has 0 unspecified atom stereocenters. The number of anilines is 1. The van der Waals surface area contributed by atoms with Crippen molar-refractivity contribution < 1.29 is 4.79 Å². The van der Waals surface area contributed by atoms with Gasteiger partial charge in [-0.3, -0.25) is 4.79 Å². The lowest BCUT2D eigenvalue weighted by molar-refractivity contribution is 0.102. The molecule has 1 amide bonds. The molecule has 4 aromatic rings. The van der Waals surface area contributed by atoms with Crippen molar-refractivity contribution in [3.05, 3.63) is 84.1 Å². The summed E-state index contributed by atoms with van der Waals surface area (Å²) in [6.07, 6.45) is 5.31. The summed E-state index contributed by atoms with van der Waals surface area (Å²) < 4.78 is 1.71. The standard InChI is InChI=1S/C20H18N6O/c1-14-7-8-15(11-17(14)20(27)23-16-5-3-2-4-6-16)18-12-26(25-24-18)13-19-21-9-10-22-19/h2-12H,13H2,1H3,(H,21,22)(H,23,27). The molecule has 7 nitrogen and oxygen atoms in total. The van der Waals surface area contributed by atoms with Crippen LogP contribution in [-0.2, 0) is 6.54 Å². The van der Waals surface area contributed by atoms with Crippen LogP contribution in [0.3, 0.4) is 0 Å². The molecule has 134 valence electrons. The van der Waals surface area contributed by atoms with Gasteiger partial charge in [-0.05, 0) is 30.7 Å². The van der Waals surface area contributed by atoms with Gasteiger partial charge >= 0.3 is 0 Å². The fraction of sp³-hybridized carbons (Fsp3) is 0.100. The van der Waals surface area contributed by atoms with Crippen LogP contribution in [0.5, 0.6) is 0 Å². The van der Waals surface area contributed by atoms with Crippen molar-refractivity contribution in [2.45, 2.75) is 13.5 Å². The lowest BCUT2D eigenvalue weighted by atomic mass is 10.0. The van der Waals surface area contributed by atoms with Gasteiger partial charge in [-0.1, -0.05) is 35.5 Å². The van der Waals surface area contributed by atoms with Gasteiger partial charge in [-0.15, -0.1) is 5.10 Å². The average molecular weight is 358 g/mol. The van der Waals surface area contributed by atoms with Gasteiger partial charge in [0.15, 0.2) is 0 Å². The Morgan fingerprint density at radius 2 is 2.04 bits per heavy atom. The van der Waals surface area contributed by atoms with Crippen LogP contribution < -0.4 is 5.32 Å². The number of aromatic nitrogens is 5. The smallest absolute Gasteiger partial charge is 0.255 e. The van der Waals surface area contributed by atoms with Gasteiger partial charge < -0.3 is 10.3 Å². The van der Waals surface area contributed by atoms with Gasteiger partial charge in [0, 0.05) is 29.2 Å². The normalized spacial score (nSPS) is 10.7. The Balaban J connectivity index is 1.57. The number of carbonyl (C=O) groups excluding carboxylic acids is 1. The minimum Gasteiger partial charge on any atom is -0.347 e. The Morgan fingerprint density at radius 3 is 2.81 bits per heavy atom. The first-order valence-electron chi connectivity index (χ1n) is 8.55. The van der Waals surface area contributed by atoms with Gasteiger partial charge in [-0.2, -0.15) is 0 Å². The number of carbonyl (C=O) groups is 1. The lowest BCUT2D eigenvalue weighted by Crippen LogP contribution is -2.13. The molecule has 2 aromatic carbocycles. The van der Waals surface area contributed by atoms with E-state index < -0.39 is 0 Å². The van der Waals surface area contributed by atoms with E-state index in [1.165, 1.54) is 0 Å². The van der Waals surface area contributed by atoms with Crippen molar-refractivity contribution in [2.75, 3.05) is 5.32 Å². The minimum atomic E-state index is -0.150. The van der Waals surface area contributed by atoms with Gasteiger partial charge in [0.1, 0.15) is 18.1 Å². The van der Waals surface area contributed by atoms with E-state index >= 15 is 0 Å². The number of amides is 1.